The van der Waals surface area contributed by atoms with E-state index in [9.17, 15) is 4.79 Å². The van der Waals surface area contributed by atoms with Gasteiger partial charge in [-0.1, -0.05) is 129 Å². The Labute approximate surface area is 189 Å². The van der Waals surface area contributed by atoms with Crippen molar-refractivity contribution in [2.24, 2.45) is 0 Å². The molecule has 0 fully saturated rings. The predicted molar refractivity (Wildman–Crippen MR) is 133 cm³/mol. The van der Waals surface area contributed by atoms with E-state index in [0.29, 0.717) is 13.0 Å². The van der Waals surface area contributed by atoms with Crippen molar-refractivity contribution in [3.8, 4) is 0 Å². The van der Waals surface area contributed by atoms with E-state index < -0.39 is 0 Å². The van der Waals surface area contributed by atoms with Gasteiger partial charge < -0.3 is 4.74 Å². The molecule has 0 bridgehead atoms. The second-order valence-corrected chi connectivity index (χ2v) is 9.03. The van der Waals surface area contributed by atoms with E-state index >= 15 is 0 Å². The maximum Gasteiger partial charge on any atom is 0.305 e. The average Bonchev–Trinajstić information content (AvgIpc) is 2.75. The Morgan fingerprint density at radius 1 is 0.533 bits per heavy atom. The fourth-order valence-electron chi connectivity index (χ4n) is 3.82. The molecule has 2 heteroatoms. The molecule has 0 unspecified atom stereocenters. The molecule has 0 amide bonds. The van der Waals surface area contributed by atoms with Crippen LogP contribution in [0.15, 0.2) is 12.2 Å². The summed E-state index contributed by atoms with van der Waals surface area (Å²) in [6, 6.07) is 0. The SMILES string of the molecule is CCCCC=CCCCCCCCC(=O)OCCCCCCCCCCCCCC. The van der Waals surface area contributed by atoms with Crippen LogP contribution in [-0.2, 0) is 9.53 Å². The van der Waals surface area contributed by atoms with Crippen LogP contribution in [0.4, 0.5) is 0 Å². The molecule has 0 N–H and O–H groups in total. The normalized spacial score (nSPS) is 11.4. The Morgan fingerprint density at radius 2 is 0.967 bits per heavy atom. The molecular formula is C28H54O2. The molecule has 0 aliphatic rings. The summed E-state index contributed by atoms with van der Waals surface area (Å²) in [6.07, 6.45) is 32.4. The van der Waals surface area contributed by atoms with Crippen LogP contribution < -0.4 is 0 Å². The van der Waals surface area contributed by atoms with E-state index in [1.807, 2.05) is 0 Å². The molecule has 0 spiro atoms. The van der Waals surface area contributed by atoms with Gasteiger partial charge in [0.2, 0.25) is 0 Å². The van der Waals surface area contributed by atoms with Crippen LogP contribution in [0.5, 0.6) is 0 Å². The summed E-state index contributed by atoms with van der Waals surface area (Å²) < 4.78 is 5.38. The van der Waals surface area contributed by atoms with Crippen molar-refractivity contribution in [3.05, 3.63) is 12.2 Å². The molecule has 0 saturated heterocycles. The van der Waals surface area contributed by atoms with Gasteiger partial charge in [0.15, 0.2) is 0 Å². The van der Waals surface area contributed by atoms with Crippen LogP contribution in [0.25, 0.3) is 0 Å². The molecule has 0 aromatic heterocycles. The van der Waals surface area contributed by atoms with Gasteiger partial charge in [-0.15, -0.1) is 0 Å². The lowest BCUT2D eigenvalue weighted by molar-refractivity contribution is -0.143. The van der Waals surface area contributed by atoms with Gasteiger partial charge in [-0.3, -0.25) is 4.79 Å². The quantitative estimate of drug-likeness (QED) is 0.0878. The standard InChI is InChI=1S/C28H54O2/c1-3-5-7-9-11-13-15-17-19-21-23-25-27-30-28(29)26-24-22-20-18-16-14-12-10-8-6-4-2/h10,12H,3-9,11,13-27H2,1-2H3. The molecule has 0 rings (SSSR count). The number of rotatable bonds is 24. The molecule has 178 valence electrons. The van der Waals surface area contributed by atoms with Crippen molar-refractivity contribution in [1.82, 2.24) is 0 Å². The summed E-state index contributed by atoms with van der Waals surface area (Å²) in [5.74, 6) is 0.0110. The highest BCUT2D eigenvalue weighted by atomic mass is 16.5. The fourth-order valence-corrected chi connectivity index (χ4v) is 3.82. The van der Waals surface area contributed by atoms with Crippen molar-refractivity contribution in [2.45, 2.75) is 155 Å². The molecular weight excluding hydrogens is 368 g/mol. The molecule has 0 aliphatic carbocycles. The third-order valence-corrected chi connectivity index (χ3v) is 5.90. The topological polar surface area (TPSA) is 26.3 Å². The van der Waals surface area contributed by atoms with Crippen molar-refractivity contribution in [2.75, 3.05) is 6.61 Å². The maximum absolute atomic E-state index is 11.8. The van der Waals surface area contributed by atoms with Crippen LogP contribution in [0.2, 0.25) is 0 Å². The van der Waals surface area contributed by atoms with Gasteiger partial charge in [-0.25, -0.2) is 0 Å². The summed E-state index contributed by atoms with van der Waals surface area (Å²) in [4.78, 5) is 11.8. The lowest BCUT2D eigenvalue weighted by Gasteiger charge is -2.05. The summed E-state index contributed by atoms with van der Waals surface area (Å²) in [5, 5.41) is 0. The van der Waals surface area contributed by atoms with Crippen molar-refractivity contribution in [3.63, 3.8) is 0 Å². The number of hydrogen-bond donors (Lipinski definition) is 0. The molecule has 0 atom stereocenters. The van der Waals surface area contributed by atoms with Crippen LogP contribution in [-0.4, -0.2) is 12.6 Å². The molecule has 2 nitrogen and oxygen atoms in total. The van der Waals surface area contributed by atoms with Gasteiger partial charge in [0.05, 0.1) is 6.61 Å². The van der Waals surface area contributed by atoms with E-state index in [-0.39, 0.29) is 5.97 Å². The second kappa shape index (κ2) is 26.2. The highest BCUT2D eigenvalue weighted by Crippen LogP contribution is 2.12. The first-order valence-electron chi connectivity index (χ1n) is 13.6. The largest absolute Gasteiger partial charge is 0.466 e. The van der Waals surface area contributed by atoms with E-state index in [4.69, 9.17) is 4.74 Å². The zero-order valence-corrected chi connectivity index (χ0v) is 20.7. The summed E-state index contributed by atoms with van der Waals surface area (Å²) in [7, 11) is 0. The van der Waals surface area contributed by atoms with Gasteiger partial charge >= 0.3 is 5.97 Å². The van der Waals surface area contributed by atoms with Crippen molar-refractivity contribution >= 4 is 5.97 Å². The number of carbonyl (C=O) groups excluding carboxylic acids is 1. The number of esters is 1. The Hall–Kier alpha value is -0.790. The lowest BCUT2D eigenvalue weighted by atomic mass is 10.1. The molecule has 30 heavy (non-hydrogen) atoms. The van der Waals surface area contributed by atoms with Crippen LogP contribution in [0, 0.1) is 0 Å². The van der Waals surface area contributed by atoms with Crippen molar-refractivity contribution in [1.29, 1.82) is 0 Å². The van der Waals surface area contributed by atoms with Gasteiger partial charge in [0.25, 0.3) is 0 Å². The predicted octanol–water partition coefficient (Wildman–Crippen LogP) is 9.71. The molecule has 0 aromatic rings. The third-order valence-electron chi connectivity index (χ3n) is 5.90. The van der Waals surface area contributed by atoms with Gasteiger partial charge in [-0.05, 0) is 32.1 Å². The zero-order chi connectivity index (χ0) is 22.0. The minimum atomic E-state index is 0.0110. The summed E-state index contributed by atoms with van der Waals surface area (Å²) in [5.41, 5.74) is 0. The number of unbranched alkanes of at least 4 members (excludes halogenated alkanes) is 18. The molecule has 0 heterocycles. The maximum atomic E-state index is 11.8. The van der Waals surface area contributed by atoms with Crippen molar-refractivity contribution < 1.29 is 9.53 Å². The minimum absolute atomic E-state index is 0.0110. The number of hydrogen-bond acceptors (Lipinski definition) is 2. The smallest absolute Gasteiger partial charge is 0.305 e. The van der Waals surface area contributed by atoms with Gasteiger partial charge in [0, 0.05) is 6.42 Å². The third kappa shape index (κ3) is 25.2. The second-order valence-electron chi connectivity index (χ2n) is 9.03. The highest BCUT2D eigenvalue weighted by Gasteiger charge is 2.02. The van der Waals surface area contributed by atoms with Gasteiger partial charge in [-0.2, -0.15) is 0 Å². The summed E-state index contributed by atoms with van der Waals surface area (Å²) >= 11 is 0. The molecule has 0 aliphatic heterocycles. The first kappa shape index (κ1) is 29.2. The number of ether oxygens (including phenoxy) is 1. The average molecular weight is 423 g/mol. The fraction of sp³-hybridized carbons (Fsp3) is 0.893. The first-order chi connectivity index (χ1) is 14.8. The van der Waals surface area contributed by atoms with Gasteiger partial charge in [0.1, 0.15) is 0 Å². The van der Waals surface area contributed by atoms with E-state index in [2.05, 4.69) is 26.0 Å². The Balaban J connectivity index is 3.18. The Morgan fingerprint density at radius 3 is 1.53 bits per heavy atom. The van der Waals surface area contributed by atoms with Crippen LogP contribution >= 0.6 is 0 Å². The lowest BCUT2D eigenvalue weighted by Crippen LogP contribution is -2.05. The van der Waals surface area contributed by atoms with Crippen LogP contribution in [0.3, 0.4) is 0 Å². The highest BCUT2D eigenvalue weighted by molar-refractivity contribution is 5.69. The minimum Gasteiger partial charge on any atom is -0.466 e. The first-order valence-corrected chi connectivity index (χ1v) is 13.6. The zero-order valence-electron chi connectivity index (χ0n) is 20.7. The molecule has 0 aromatic carbocycles. The van der Waals surface area contributed by atoms with E-state index in [1.165, 1.54) is 116 Å². The Bertz CT molecular complexity index is 362. The number of allylic oxidation sites excluding steroid dienone is 2. The van der Waals surface area contributed by atoms with E-state index in [0.717, 1.165) is 19.3 Å². The molecule has 0 radical (unpaired) electrons. The monoisotopic (exact) mass is 422 g/mol. The molecule has 0 saturated carbocycles. The number of carbonyl (C=O) groups is 1. The van der Waals surface area contributed by atoms with E-state index in [1.54, 1.807) is 0 Å². The Kier molecular flexibility index (Phi) is 25.6. The summed E-state index contributed by atoms with van der Waals surface area (Å²) in [6.45, 7) is 5.14. The van der Waals surface area contributed by atoms with Crippen LogP contribution in [0.1, 0.15) is 155 Å².